The van der Waals surface area contributed by atoms with Gasteiger partial charge in [0.2, 0.25) is 5.91 Å². The zero-order valence-electron chi connectivity index (χ0n) is 12.6. The van der Waals surface area contributed by atoms with E-state index in [0.717, 1.165) is 0 Å². The highest BCUT2D eigenvalue weighted by Crippen LogP contribution is 1.98. The van der Waals surface area contributed by atoms with Gasteiger partial charge in [0.1, 0.15) is 6.10 Å². The second kappa shape index (κ2) is 16.8. The highest BCUT2D eigenvalue weighted by Gasteiger charge is 2.16. The number of carboxylic acids is 1. The van der Waals surface area contributed by atoms with Crippen LogP contribution in [-0.2, 0) is 14.3 Å². The van der Waals surface area contributed by atoms with Gasteiger partial charge in [-0.3, -0.25) is 4.79 Å². The number of primary amides is 1. The van der Waals surface area contributed by atoms with E-state index < -0.39 is 30.9 Å². The van der Waals surface area contributed by atoms with Crippen LogP contribution < -0.4 is 5.73 Å². The monoisotopic (exact) mass is 313 g/mol. The molecule has 0 aromatic rings. The molecule has 3 atom stereocenters. The summed E-state index contributed by atoms with van der Waals surface area (Å²) in [6.07, 6.45) is -2.12. The summed E-state index contributed by atoms with van der Waals surface area (Å²) in [7, 11) is 0. The third-order valence-corrected chi connectivity index (χ3v) is 1.61. The van der Waals surface area contributed by atoms with Crippen LogP contribution >= 0.6 is 0 Å². The number of carboxylic acid groups (broad SMARTS) is 1. The zero-order valence-corrected chi connectivity index (χ0v) is 12.6. The molecule has 0 aliphatic carbocycles. The van der Waals surface area contributed by atoms with Crippen LogP contribution in [0.15, 0.2) is 0 Å². The van der Waals surface area contributed by atoms with E-state index in [1.165, 1.54) is 13.8 Å². The fraction of sp³-hybridized carbons (Fsp3) is 0.833. The van der Waals surface area contributed by atoms with E-state index in [-0.39, 0.29) is 19.1 Å². The van der Waals surface area contributed by atoms with Crippen molar-refractivity contribution in [1.29, 1.82) is 0 Å². The molecule has 21 heavy (non-hydrogen) atoms. The molecule has 9 heteroatoms. The number of carbonyl (C=O) groups excluding carboxylic acids is 1. The molecule has 0 fully saturated rings. The number of nitrogens with two attached hydrogens (primary N) is 1. The molecule has 0 aromatic carbocycles. The maximum absolute atomic E-state index is 10.4. The minimum absolute atomic E-state index is 0.139. The number of rotatable bonds is 7. The number of carbonyl (C=O) groups is 2. The summed E-state index contributed by atoms with van der Waals surface area (Å²) in [5.74, 6) is -1.39. The highest BCUT2D eigenvalue weighted by atomic mass is 16.5. The van der Waals surface area contributed by atoms with Crippen molar-refractivity contribution in [3.63, 3.8) is 0 Å². The van der Waals surface area contributed by atoms with Crippen molar-refractivity contribution in [2.75, 3.05) is 19.8 Å². The zero-order chi connectivity index (χ0) is 17.4. The van der Waals surface area contributed by atoms with Crippen LogP contribution in [0.25, 0.3) is 0 Å². The van der Waals surface area contributed by atoms with E-state index in [2.05, 4.69) is 5.73 Å². The van der Waals surface area contributed by atoms with Gasteiger partial charge in [-0.15, -0.1) is 0 Å². The fourth-order valence-electron chi connectivity index (χ4n) is 0.644. The summed E-state index contributed by atoms with van der Waals surface area (Å²) in [6, 6.07) is 0. The van der Waals surface area contributed by atoms with Crippen LogP contribution in [0.1, 0.15) is 27.2 Å². The number of aliphatic hydroxyl groups excluding tert-OH is 4. The molecule has 7 N–H and O–H groups in total. The molecule has 0 aliphatic heterocycles. The summed E-state index contributed by atoms with van der Waals surface area (Å²) < 4.78 is 4.80. The third kappa shape index (κ3) is 27.8. The van der Waals surface area contributed by atoms with Gasteiger partial charge in [0, 0.05) is 6.92 Å². The van der Waals surface area contributed by atoms with Crippen molar-refractivity contribution in [3.8, 4) is 0 Å². The maximum Gasteiger partial charge on any atom is 0.332 e. The quantitative estimate of drug-likeness (QED) is 0.315. The Labute approximate surface area is 124 Å². The predicted octanol–water partition coefficient (Wildman–Crippen LogP) is -1.93. The molecule has 9 nitrogen and oxygen atoms in total. The van der Waals surface area contributed by atoms with Crippen molar-refractivity contribution < 1.29 is 39.9 Å². The molecule has 0 rings (SSSR count). The molecule has 3 unspecified atom stereocenters. The van der Waals surface area contributed by atoms with Gasteiger partial charge in [-0.1, -0.05) is 6.92 Å². The molecule has 0 aromatic heterocycles. The average molecular weight is 313 g/mol. The standard InChI is InChI=1S/C7H14O5.C3H8O2.C2H5NO/c1-2-6(7(10)11)12-4-5(9)3-8;1-3(5)2-4;1-2(3)4/h5-6,8-9H,2-4H2,1H3,(H,10,11);3-5H,2H2,1H3;1H3,(H2,3,4). The smallest absolute Gasteiger partial charge is 0.332 e. The minimum atomic E-state index is -1.05. The Balaban J connectivity index is -0.000000297. The van der Waals surface area contributed by atoms with Crippen molar-refractivity contribution in [2.24, 2.45) is 5.73 Å². The molecule has 0 saturated heterocycles. The molecule has 0 bridgehead atoms. The molecule has 1 amide bonds. The first-order valence-corrected chi connectivity index (χ1v) is 6.30. The van der Waals surface area contributed by atoms with Crippen molar-refractivity contribution in [2.45, 2.75) is 45.5 Å². The summed E-state index contributed by atoms with van der Waals surface area (Å²) in [6.45, 7) is 3.79. The van der Waals surface area contributed by atoms with Gasteiger partial charge < -0.3 is 36.0 Å². The highest BCUT2D eigenvalue weighted by molar-refractivity contribution is 5.72. The Kier molecular flexibility index (Phi) is 19.8. The lowest BCUT2D eigenvalue weighted by atomic mass is 10.3. The van der Waals surface area contributed by atoms with Crippen LogP contribution in [0.2, 0.25) is 0 Å². The van der Waals surface area contributed by atoms with Gasteiger partial charge in [0.05, 0.1) is 25.9 Å². The summed E-state index contributed by atoms with van der Waals surface area (Å²) in [5, 5.41) is 41.7. The molecule has 0 saturated carbocycles. The van der Waals surface area contributed by atoms with E-state index in [9.17, 15) is 9.59 Å². The van der Waals surface area contributed by atoms with Gasteiger partial charge >= 0.3 is 5.97 Å². The van der Waals surface area contributed by atoms with E-state index in [4.69, 9.17) is 30.3 Å². The Hall–Kier alpha value is -1.26. The molecule has 0 spiro atoms. The first-order valence-electron chi connectivity index (χ1n) is 6.30. The number of aliphatic carboxylic acids is 1. The van der Waals surface area contributed by atoms with Crippen LogP contribution in [0.3, 0.4) is 0 Å². The summed E-state index contributed by atoms with van der Waals surface area (Å²) in [4.78, 5) is 19.6. The van der Waals surface area contributed by atoms with Gasteiger partial charge in [0.15, 0.2) is 6.10 Å². The normalized spacial score (nSPS) is 13.7. The van der Waals surface area contributed by atoms with Crippen LogP contribution in [0.5, 0.6) is 0 Å². The fourth-order valence-corrected chi connectivity index (χ4v) is 0.644. The van der Waals surface area contributed by atoms with Gasteiger partial charge in [0.25, 0.3) is 0 Å². The molecule has 0 radical (unpaired) electrons. The summed E-state index contributed by atoms with van der Waals surface area (Å²) >= 11 is 0. The third-order valence-electron chi connectivity index (χ3n) is 1.61. The average Bonchev–Trinajstić information content (AvgIpc) is 2.38. The lowest BCUT2D eigenvalue weighted by molar-refractivity contribution is -0.152. The van der Waals surface area contributed by atoms with Gasteiger partial charge in [-0.25, -0.2) is 4.79 Å². The number of hydrogen-bond acceptors (Lipinski definition) is 7. The van der Waals surface area contributed by atoms with Gasteiger partial charge in [-0.05, 0) is 13.3 Å². The van der Waals surface area contributed by atoms with E-state index in [1.807, 2.05) is 0 Å². The Morgan fingerprint density at radius 2 is 1.57 bits per heavy atom. The van der Waals surface area contributed by atoms with Crippen LogP contribution in [0, 0.1) is 0 Å². The number of hydrogen-bond donors (Lipinski definition) is 6. The Morgan fingerprint density at radius 1 is 1.19 bits per heavy atom. The van der Waals surface area contributed by atoms with Gasteiger partial charge in [-0.2, -0.15) is 0 Å². The maximum atomic E-state index is 10.4. The van der Waals surface area contributed by atoms with Crippen molar-refractivity contribution in [1.82, 2.24) is 0 Å². The molecular weight excluding hydrogens is 286 g/mol. The lowest BCUT2D eigenvalue weighted by Gasteiger charge is -2.13. The second-order valence-corrected chi connectivity index (χ2v) is 4.05. The van der Waals surface area contributed by atoms with E-state index >= 15 is 0 Å². The lowest BCUT2D eigenvalue weighted by Crippen LogP contribution is -2.29. The van der Waals surface area contributed by atoms with Crippen LogP contribution in [-0.4, -0.2) is 75.5 Å². The Morgan fingerprint density at radius 3 is 1.76 bits per heavy atom. The number of ether oxygens (including phenoxy) is 1. The first kappa shape index (κ1) is 24.7. The summed E-state index contributed by atoms with van der Waals surface area (Å²) in [5.41, 5.74) is 4.47. The number of amides is 1. The minimum Gasteiger partial charge on any atom is -0.479 e. The SMILES string of the molecule is CC(N)=O.CC(O)CO.CCC(OCC(O)CO)C(=O)O. The van der Waals surface area contributed by atoms with E-state index in [0.29, 0.717) is 6.42 Å². The first-order chi connectivity index (χ1) is 9.61. The topological polar surface area (TPSA) is 171 Å². The predicted molar refractivity (Wildman–Crippen MR) is 74.4 cm³/mol. The molecule has 128 valence electrons. The second-order valence-electron chi connectivity index (χ2n) is 4.05. The van der Waals surface area contributed by atoms with Crippen molar-refractivity contribution >= 4 is 11.9 Å². The molecule has 0 heterocycles. The van der Waals surface area contributed by atoms with E-state index in [1.54, 1.807) is 6.92 Å². The number of aliphatic hydroxyl groups is 4. The molecule has 0 aliphatic rings. The van der Waals surface area contributed by atoms with Crippen LogP contribution in [0.4, 0.5) is 0 Å². The van der Waals surface area contributed by atoms with Crippen molar-refractivity contribution in [3.05, 3.63) is 0 Å². The Bertz CT molecular complexity index is 256. The molecular formula is C12H27NO8. The largest absolute Gasteiger partial charge is 0.479 e.